The van der Waals surface area contributed by atoms with E-state index < -0.39 is 0 Å². The first-order chi connectivity index (χ1) is 18.5. The Labute approximate surface area is 222 Å². The van der Waals surface area contributed by atoms with Crippen LogP contribution < -0.4 is 14.9 Å². The summed E-state index contributed by atoms with van der Waals surface area (Å²) in [5, 5.41) is 9.80. The average molecular weight is 515 g/mol. The van der Waals surface area contributed by atoms with Crippen LogP contribution in [-0.4, -0.2) is 11.1 Å². The zero-order valence-electron chi connectivity index (χ0n) is 21.8. The number of carbonyl (C=O) groups excluding carboxylic acids is 1. The van der Waals surface area contributed by atoms with Crippen LogP contribution in [0.3, 0.4) is 0 Å². The lowest BCUT2D eigenvalue weighted by Gasteiger charge is -2.12. The molecule has 198 valence electrons. The van der Waals surface area contributed by atoms with Crippen molar-refractivity contribution in [3.63, 3.8) is 0 Å². The lowest BCUT2D eigenvalue weighted by atomic mass is 10.1. The summed E-state index contributed by atoms with van der Waals surface area (Å²) < 4.78 is 17.8. The van der Waals surface area contributed by atoms with Crippen LogP contribution in [0.25, 0.3) is 22.3 Å². The minimum atomic E-state index is -0.387. The molecule has 0 aliphatic rings. The van der Waals surface area contributed by atoms with Crippen molar-refractivity contribution in [2.75, 3.05) is 0 Å². The minimum Gasteiger partial charge on any atom is -0.508 e. The number of hydrogen-bond acceptors (Lipinski definition) is 6. The van der Waals surface area contributed by atoms with Gasteiger partial charge in [-0.3, -0.25) is 9.59 Å². The predicted molar refractivity (Wildman–Crippen MR) is 149 cm³/mol. The van der Waals surface area contributed by atoms with E-state index >= 15 is 0 Å². The summed E-state index contributed by atoms with van der Waals surface area (Å²) in [6.07, 6.45) is 7.95. The summed E-state index contributed by atoms with van der Waals surface area (Å²) in [5.74, 6) is 0.615. The number of hydrogen-bond donors (Lipinski definition) is 1. The minimum absolute atomic E-state index is 0.114. The van der Waals surface area contributed by atoms with E-state index in [2.05, 4.69) is 6.92 Å². The Hall–Kier alpha value is -4.06. The Morgan fingerprint density at radius 3 is 2.32 bits per heavy atom. The molecular formula is C32H34O6. The molecule has 1 N–H and O–H groups in total. The van der Waals surface area contributed by atoms with E-state index in [9.17, 15) is 14.7 Å². The molecule has 0 saturated carbocycles. The molecule has 0 fully saturated rings. The lowest BCUT2D eigenvalue weighted by Crippen LogP contribution is -2.11. The number of esters is 1. The van der Waals surface area contributed by atoms with Crippen molar-refractivity contribution >= 4 is 16.9 Å². The monoisotopic (exact) mass is 514 g/mol. The van der Waals surface area contributed by atoms with E-state index in [1.165, 1.54) is 43.9 Å². The Morgan fingerprint density at radius 1 is 0.868 bits per heavy atom. The topological polar surface area (TPSA) is 86.0 Å². The molecule has 4 aromatic rings. The van der Waals surface area contributed by atoms with Crippen LogP contribution in [0.2, 0.25) is 0 Å². The highest BCUT2D eigenvalue weighted by Gasteiger charge is 2.17. The van der Waals surface area contributed by atoms with Crippen molar-refractivity contribution in [3.05, 3.63) is 88.6 Å². The second-order valence-electron chi connectivity index (χ2n) is 9.44. The van der Waals surface area contributed by atoms with E-state index in [1.807, 2.05) is 30.3 Å². The van der Waals surface area contributed by atoms with E-state index in [1.54, 1.807) is 24.3 Å². The molecule has 0 aliphatic heterocycles. The summed E-state index contributed by atoms with van der Waals surface area (Å²) in [4.78, 5) is 25.9. The maximum atomic E-state index is 13.2. The molecule has 0 spiro atoms. The van der Waals surface area contributed by atoms with Crippen molar-refractivity contribution in [1.29, 1.82) is 0 Å². The van der Waals surface area contributed by atoms with Gasteiger partial charge < -0.3 is 19.0 Å². The Bertz CT molecular complexity index is 1390. The SMILES string of the molecule is CCCCCCCCCC(=O)Oc1cc(OCc2ccccc2)cc2oc(-c3ccc(O)cc3)cc(=O)c12. The van der Waals surface area contributed by atoms with Crippen LogP contribution in [0.4, 0.5) is 0 Å². The van der Waals surface area contributed by atoms with E-state index in [0.717, 1.165) is 24.8 Å². The van der Waals surface area contributed by atoms with Crippen LogP contribution in [0.1, 0.15) is 63.9 Å². The summed E-state index contributed by atoms with van der Waals surface area (Å²) >= 11 is 0. The summed E-state index contributed by atoms with van der Waals surface area (Å²) in [5.41, 5.74) is 1.53. The molecule has 0 aliphatic carbocycles. The van der Waals surface area contributed by atoms with E-state index in [0.29, 0.717) is 23.7 Å². The number of aromatic hydroxyl groups is 1. The Morgan fingerprint density at radius 2 is 1.58 bits per heavy atom. The maximum Gasteiger partial charge on any atom is 0.311 e. The van der Waals surface area contributed by atoms with E-state index in [4.69, 9.17) is 13.9 Å². The Kier molecular flexibility index (Phi) is 9.57. The van der Waals surface area contributed by atoms with Gasteiger partial charge in [-0.15, -0.1) is 0 Å². The molecule has 0 unspecified atom stereocenters. The van der Waals surface area contributed by atoms with Crippen molar-refractivity contribution in [3.8, 4) is 28.6 Å². The molecule has 0 atom stereocenters. The molecular weight excluding hydrogens is 480 g/mol. The van der Waals surface area contributed by atoms with Crippen LogP contribution in [0.5, 0.6) is 17.2 Å². The van der Waals surface area contributed by atoms with Gasteiger partial charge in [-0.2, -0.15) is 0 Å². The van der Waals surface area contributed by atoms with Gasteiger partial charge >= 0.3 is 5.97 Å². The molecule has 6 heteroatoms. The van der Waals surface area contributed by atoms with Gasteiger partial charge in [0.2, 0.25) is 0 Å². The number of ether oxygens (including phenoxy) is 2. The molecule has 6 nitrogen and oxygen atoms in total. The Balaban J connectivity index is 1.57. The molecule has 3 aromatic carbocycles. The molecule has 0 radical (unpaired) electrons. The number of benzene rings is 3. The van der Waals surface area contributed by atoms with Crippen LogP contribution in [0, 0.1) is 0 Å². The normalized spacial score (nSPS) is 11.0. The van der Waals surface area contributed by atoms with Gasteiger partial charge in [0, 0.05) is 30.2 Å². The number of rotatable bonds is 13. The quantitative estimate of drug-likeness (QED) is 0.111. The highest BCUT2D eigenvalue weighted by molar-refractivity contribution is 5.89. The highest BCUT2D eigenvalue weighted by atomic mass is 16.5. The molecule has 1 heterocycles. The number of phenols is 1. The standard InChI is InChI=1S/C32H34O6/c1-2-3-4-5-6-7-11-14-31(35)38-30-20-26(36-22-23-12-9-8-10-13-23)19-29-32(30)27(34)21-28(37-29)24-15-17-25(33)18-16-24/h8-10,12-13,15-21,33H,2-7,11,14,22H2,1H3. The maximum absolute atomic E-state index is 13.2. The first-order valence-corrected chi connectivity index (χ1v) is 13.3. The van der Waals surface area contributed by atoms with Gasteiger partial charge in [0.15, 0.2) is 5.43 Å². The van der Waals surface area contributed by atoms with E-state index in [-0.39, 0.29) is 40.3 Å². The zero-order valence-corrected chi connectivity index (χ0v) is 21.8. The third-order valence-electron chi connectivity index (χ3n) is 6.38. The fourth-order valence-electron chi connectivity index (χ4n) is 4.30. The van der Waals surface area contributed by atoms with Gasteiger partial charge in [0.25, 0.3) is 0 Å². The largest absolute Gasteiger partial charge is 0.508 e. The summed E-state index contributed by atoms with van der Waals surface area (Å²) in [7, 11) is 0. The fraction of sp³-hybridized carbons (Fsp3) is 0.312. The van der Waals surface area contributed by atoms with Crippen molar-refractivity contribution in [2.45, 2.75) is 64.9 Å². The third kappa shape index (κ3) is 7.48. The van der Waals surface area contributed by atoms with Crippen LogP contribution in [-0.2, 0) is 11.4 Å². The predicted octanol–water partition coefficient (Wildman–Crippen LogP) is 7.79. The van der Waals surface area contributed by atoms with Crippen molar-refractivity contribution < 1.29 is 23.8 Å². The highest BCUT2D eigenvalue weighted by Crippen LogP contribution is 2.33. The molecule has 38 heavy (non-hydrogen) atoms. The summed E-state index contributed by atoms with van der Waals surface area (Å²) in [6.45, 7) is 2.50. The molecule has 0 bridgehead atoms. The van der Waals surface area contributed by atoms with Crippen LogP contribution in [0.15, 0.2) is 82.0 Å². The van der Waals surface area contributed by atoms with Gasteiger partial charge in [0.05, 0.1) is 0 Å². The van der Waals surface area contributed by atoms with Gasteiger partial charge in [-0.25, -0.2) is 0 Å². The number of phenolic OH excluding ortho intramolecular Hbond substituents is 1. The summed E-state index contributed by atoms with van der Waals surface area (Å²) in [6, 6.07) is 20.7. The average Bonchev–Trinajstić information content (AvgIpc) is 2.92. The smallest absolute Gasteiger partial charge is 0.311 e. The lowest BCUT2D eigenvalue weighted by molar-refractivity contribution is -0.134. The fourth-order valence-corrected chi connectivity index (χ4v) is 4.30. The second-order valence-corrected chi connectivity index (χ2v) is 9.44. The van der Waals surface area contributed by atoms with Crippen LogP contribution >= 0.6 is 0 Å². The van der Waals surface area contributed by atoms with Crippen molar-refractivity contribution in [1.82, 2.24) is 0 Å². The first kappa shape index (κ1) is 27.0. The van der Waals surface area contributed by atoms with Crippen molar-refractivity contribution in [2.24, 2.45) is 0 Å². The van der Waals surface area contributed by atoms with Gasteiger partial charge in [-0.05, 0) is 36.2 Å². The number of carbonyl (C=O) groups is 1. The molecule has 4 rings (SSSR count). The number of unbranched alkanes of at least 4 members (excludes halogenated alkanes) is 6. The number of fused-ring (bicyclic) bond motifs is 1. The third-order valence-corrected chi connectivity index (χ3v) is 6.38. The first-order valence-electron chi connectivity index (χ1n) is 13.3. The molecule has 1 aromatic heterocycles. The van der Waals surface area contributed by atoms with Gasteiger partial charge in [-0.1, -0.05) is 75.8 Å². The molecule has 0 saturated heterocycles. The molecule has 0 amide bonds. The zero-order chi connectivity index (χ0) is 26.7. The van der Waals surface area contributed by atoms with Gasteiger partial charge in [0.1, 0.15) is 40.6 Å². The second kappa shape index (κ2) is 13.5.